The van der Waals surface area contributed by atoms with Crippen molar-refractivity contribution in [1.82, 2.24) is 0 Å². The normalized spacial score (nSPS) is 9.25. The van der Waals surface area contributed by atoms with Crippen LogP contribution in [0.2, 0.25) is 0 Å². The lowest BCUT2D eigenvalue weighted by atomic mass is 10.2. The van der Waals surface area contributed by atoms with Crippen molar-refractivity contribution in [3.8, 4) is 0 Å². The van der Waals surface area contributed by atoms with E-state index in [0.29, 0.717) is 0 Å². The van der Waals surface area contributed by atoms with Crippen LogP contribution in [0.25, 0.3) is 0 Å². The number of anilines is 1. The number of hydrogen-bond acceptors (Lipinski definition) is 2. The number of benzene rings is 1. The Morgan fingerprint density at radius 1 is 1.17 bits per heavy atom. The number of hydrazone groups is 1. The van der Waals surface area contributed by atoms with Crippen molar-refractivity contribution in [2.45, 2.75) is 20.8 Å². The fraction of sp³-hybridized carbons (Fsp3) is 0.300. The van der Waals surface area contributed by atoms with Crippen LogP contribution in [-0.2, 0) is 0 Å². The molecule has 0 amide bonds. The highest BCUT2D eigenvalue weighted by Crippen LogP contribution is 2.07. The molecule has 1 aromatic rings. The van der Waals surface area contributed by atoms with Crippen molar-refractivity contribution in [2.24, 2.45) is 5.10 Å². The topological polar surface area (TPSA) is 24.4 Å². The van der Waals surface area contributed by atoms with Gasteiger partial charge in [0.15, 0.2) is 0 Å². The lowest BCUT2D eigenvalue weighted by Crippen LogP contribution is -1.92. The zero-order chi connectivity index (χ0) is 8.97. The van der Waals surface area contributed by atoms with E-state index < -0.39 is 0 Å². The summed E-state index contributed by atoms with van der Waals surface area (Å²) in [5, 5.41) is 4.09. The van der Waals surface area contributed by atoms with E-state index in [1.54, 1.807) is 0 Å². The first-order valence-electron chi connectivity index (χ1n) is 4.02. The van der Waals surface area contributed by atoms with Gasteiger partial charge in [0.1, 0.15) is 0 Å². The fourth-order valence-corrected chi connectivity index (χ4v) is 0.804. The van der Waals surface area contributed by atoms with Gasteiger partial charge in [-0.2, -0.15) is 5.10 Å². The Balaban J connectivity index is 2.65. The number of hydrogen-bond donors (Lipinski definition) is 1. The third kappa shape index (κ3) is 2.74. The molecule has 0 saturated heterocycles. The van der Waals surface area contributed by atoms with Gasteiger partial charge in [-0.3, -0.25) is 5.43 Å². The van der Waals surface area contributed by atoms with Gasteiger partial charge >= 0.3 is 0 Å². The van der Waals surface area contributed by atoms with Crippen LogP contribution in [0, 0.1) is 6.92 Å². The molecule has 1 aromatic carbocycles. The summed E-state index contributed by atoms with van der Waals surface area (Å²) >= 11 is 0. The second kappa shape index (κ2) is 3.90. The van der Waals surface area contributed by atoms with Gasteiger partial charge in [0.2, 0.25) is 0 Å². The molecular weight excluding hydrogens is 148 g/mol. The molecule has 1 N–H and O–H groups in total. The zero-order valence-electron chi connectivity index (χ0n) is 7.76. The monoisotopic (exact) mass is 162 g/mol. The molecule has 1 rings (SSSR count). The predicted octanol–water partition coefficient (Wildman–Crippen LogP) is 2.80. The second-order valence-corrected chi connectivity index (χ2v) is 3.04. The fourth-order valence-electron chi connectivity index (χ4n) is 0.804. The highest BCUT2D eigenvalue weighted by molar-refractivity contribution is 5.79. The van der Waals surface area contributed by atoms with Crippen LogP contribution < -0.4 is 5.43 Å². The number of aryl methyl sites for hydroxylation is 1. The molecule has 0 spiro atoms. The van der Waals surface area contributed by atoms with Crippen molar-refractivity contribution in [2.75, 3.05) is 5.43 Å². The Morgan fingerprint density at radius 3 is 2.25 bits per heavy atom. The predicted molar refractivity (Wildman–Crippen MR) is 53.6 cm³/mol. The Hall–Kier alpha value is -1.31. The summed E-state index contributed by atoms with van der Waals surface area (Å²) in [6.45, 7) is 5.99. The number of rotatable bonds is 2. The first-order valence-corrected chi connectivity index (χ1v) is 4.02. The van der Waals surface area contributed by atoms with Crippen molar-refractivity contribution in [1.29, 1.82) is 0 Å². The van der Waals surface area contributed by atoms with E-state index in [-0.39, 0.29) is 0 Å². The van der Waals surface area contributed by atoms with E-state index in [4.69, 9.17) is 0 Å². The van der Waals surface area contributed by atoms with E-state index in [9.17, 15) is 0 Å². The third-order valence-corrected chi connectivity index (χ3v) is 1.46. The van der Waals surface area contributed by atoms with Crippen molar-refractivity contribution in [3.05, 3.63) is 29.8 Å². The summed E-state index contributed by atoms with van der Waals surface area (Å²) in [4.78, 5) is 0. The van der Waals surface area contributed by atoms with Crippen LogP contribution in [0.4, 0.5) is 5.69 Å². The molecule has 12 heavy (non-hydrogen) atoms. The van der Waals surface area contributed by atoms with Crippen LogP contribution in [0.3, 0.4) is 0 Å². The average molecular weight is 162 g/mol. The van der Waals surface area contributed by atoms with E-state index in [1.165, 1.54) is 5.56 Å². The average Bonchev–Trinajstić information content (AvgIpc) is 2.03. The van der Waals surface area contributed by atoms with Gasteiger partial charge in [0.05, 0.1) is 5.69 Å². The van der Waals surface area contributed by atoms with Gasteiger partial charge in [-0.1, -0.05) is 17.7 Å². The van der Waals surface area contributed by atoms with Crippen LogP contribution in [0.1, 0.15) is 19.4 Å². The third-order valence-electron chi connectivity index (χ3n) is 1.46. The van der Waals surface area contributed by atoms with Gasteiger partial charge in [-0.05, 0) is 32.9 Å². The zero-order valence-corrected chi connectivity index (χ0v) is 7.76. The number of nitrogens with zero attached hydrogens (tertiary/aromatic N) is 1. The smallest absolute Gasteiger partial charge is 0.0561 e. The summed E-state index contributed by atoms with van der Waals surface area (Å²) in [6, 6.07) is 8.15. The quantitative estimate of drug-likeness (QED) is 0.525. The standard InChI is InChI=1S/C10H14N2/c1-8(2)11-12-10-6-4-9(3)5-7-10/h4-7,12H,1-3H3. The van der Waals surface area contributed by atoms with Crippen molar-refractivity contribution in [3.63, 3.8) is 0 Å². The van der Waals surface area contributed by atoms with E-state index in [1.807, 2.05) is 26.0 Å². The van der Waals surface area contributed by atoms with Crippen LogP contribution in [0.15, 0.2) is 29.4 Å². The van der Waals surface area contributed by atoms with Crippen molar-refractivity contribution >= 4 is 11.4 Å². The molecule has 0 fully saturated rings. The molecule has 0 saturated carbocycles. The highest BCUT2D eigenvalue weighted by Gasteiger charge is 1.87. The minimum absolute atomic E-state index is 1.02. The molecule has 0 aromatic heterocycles. The minimum atomic E-state index is 1.02. The molecule has 0 heterocycles. The largest absolute Gasteiger partial charge is 0.279 e. The molecule has 0 unspecified atom stereocenters. The van der Waals surface area contributed by atoms with Gasteiger partial charge in [0.25, 0.3) is 0 Å². The maximum absolute atomic E-state index is 4.09. The van der Waals surface area contributed by atoms with E-state index in [0.717, 1.165) is 11.4 Å². The number of nitrogens with one attached hydrogen (secondary N) is 1. The summed E-state index contributed by atoms with van der Waals surface area (Å²) < 4.78 is 0. The molecule has 0 aliphatic rings. The molecule has 2 heteroatoms. The minimum Gasteiger partial charge on any atom is -0.279 e. The summed E-state index contributed by atoms with van der Waals surface area (Å²) in [6.07, 6.45) is 0. The lowest BCUT2D eigenvalue weighted by molar-refractivity contribution is 1.31. The van der Waals surface area contributed by atoms with Crippen LogP contribution in [0.5, 0.6) is 0 Å². The van der Waals surface area contributed by atoms with Crippen LogP contribution in [-0.4, -0.2) is 5.71 Å². The highest BCUT2D eigenvalue weighted by atomic mass is 15.3. The van der Waals surface area contributed by atoms with E-state index >= 15 is 0 Å². The maximum atomic E-state index is 4.09. The SMILES string of the molecule is CC(C)=NNc1ccc(C)cc1. The molecular formula is C10H14N2. The van der Waals surface area contributed by atoms with Crippen LogP contribution >= 0.6 is 0 Å². The van der Waals surface area contributed by atoms with Gasteiger partial charge in [-0.25, -0.2) is 0 Å². The summed E-state index contributed by atoms with van der Waals surface area (Å²) in [7, 11) is 0. The summed E-state index contributed by atoms with van der Waals surface area (Å²) in [5.74, 6) is 0. The molecule has 0 aliphatic heterocycles. The Bertz CT molecular complexity index is 268. The Morgan fingerprint density at radius 2 is 1.75 bits per heavy atom. The molecule has 0 atom stereocenters. The Kier molecular flexibility index (Phi) is 2.86. The van der Waals surface area contributed by atoms with Gasteiger partial charge in [-0.15, -0.1) is 0 Å². The van der Waals surface area contributed by atoms with E-state index in [2.05, 4.69) is 29.6 Å². The Labute approximate surface area is 73.3 Å². The molecule has 2 nitrogen and oxygen atoms in total. The van der Waals surface area contributed by atoms with Gasteiger partial charge in [0, 0.05) is 5.71 Å². The molecule has 0 radical (unpaired) electrons. The van der Waals surface area contributed by atoms with Crippen molar-refractivity contribution < 1.29 is 0 Å². The maximum Gasteiger partial charge on any atom is 0.0561 e. The lowest BCUT2D eigenvalue weighted by Gasteiger charge is -2.00. The summed E-state index contributed by atoms with van der Waals surface area (Å²) in [5.41, 5.74) is 6.27. The molecule has 0 aliphatic carbocycles. The molecule has 64 valence electrons. The van der Waals surface area contributed by atoms with Gasteiger partial charge < -0.3 is 0 Å². The second-order valence-electron chi connectivity index (χ2n) is 3.04. The molecule has 0 bridgehead atoms. The first-order chi connectivity index (χ1) is 5.68. The first kappa shape index (κ1) is 8.78.